The third-order valence-corrected chi connectivity index (χ3v) is 3.30. The second-order valence-corrected chi connectivity index (χ2v) is 4.63. The van der Waals surface area contributed by atoms with Crippen molar-refractivity contribution in [2.75, 3.05) is 7.11 Å². The Hall–Kier alpha value is -1.98. The Labute approximate surface area is 116 Å². The van der Waals surface area contributed by atoms with Crippen molar-refractivity contribution in [2.24, 2.45) is 5.92 Å². The van der Waals surface area contributed by atoms with Gasteiger partial charge in [-0.1, -0.05) is 20.3 Å². The van der Waals surface area contributed by atoms with Gasteiger partial charge in [0.2, 0.25) is 0 Å². The molecule has 6 heteroatoms. The molecule has 0 aliphatic heterocycles. The largest absolute Gasteiger partial charge is 0.467 e. The van der Waals surface area contributed by atoms with E-state index >= 15 is 0 Å². The highest BCUT2D eigenvalue weighted by atomic mass is 19.1. The highest BCUT2D eigenvalue weighted by Gasteiger charge is 2.28. The summed E-state index contributed by atoms with van der Waals surface area (Å²) in [6, 6.07) is 0.108. The maximum atomic E-state index is 13.7. The predicted octanol–water partition coefficient (Wildman–Crippen LogP) is 1.49. The summed E-state index contributed by atoms with van der Waals surface area (Å²) in [7, 11) is 1.22. The van der Waals surface area contributed by atoms with Crippen molar-refractivity contribution in [2.45, 2.75) is 32.7 Å². The summed E-state index contributed by atoms with van der Waals surface area (Å²) in [6.07, 6.45) is 2.55. The molecular formula is C14H18FNO4. The molecule has 1 rings (SSSR count). The SMILES string of the molecule is CCC(C)C(C(=O)OC)n1cc(CC=O)cc(F)c1=O. The Morgan fingerprint density at radius 3 is 2.70 bits per heavy atom. The lowest BCUT2D eigenvalue weighted by Crippen LogP contribution is -2.36. The molecule has 0 saturated carbocycles. The number of rotatable bonds is 6. The van der Waals surface area contributed by atoms with Crippen LogP contribution in [0.4, 0.5) is 4.39 Å². The Morgan fingerprint density at radius 1 is 1.55 bits per heavy atom. The average Bonchev–Trinajstić information content (AvgIpc) is 2.43. The fourth-order valence-corrected chi connectivity index (χ4v) is 2.00. The molecule has 20 heavy (non-hydrogen) atoms. The van der Waals surface area contributed by atoms with E-state index in [1.54, 1.807) is 6.92 Å². The number of halogens is 1. The van der Waals surface area contributed by atoms with Crippen LogP contribution in [0.3, 0.4) is 0 Å². The molecule has 1 heterocycles. The first kappa shape index (κ1) is 16.1. The van der Waals surface area contributed by atoms with E-state index in [0.29, 0.717) is 18.3 Å². The van der Waals surface area contributed by atoms with Crippen LogP contribution in [0, 0.1) is 11.7 Å². The van der Waals surface area contributed by atoms with Gasteiger partial charge in [0.25, 0.3) is 5.56 Å². The van der Waals surface area contributed by atoms with Crippen LogP contribution < -0.4 is 5.56 Å². The standard InChI is InChI=1S/C14H18FNO4/c1-4-9(2)12(14(19)20-3)16-8-10(5-6-17)7-11(15)13(16)18/h6-9,12H,4-5H2,1-3H3. The number of hydrogen-bond acceptors (Lipinski definition) is 4. The number of aldehydes is 1. The highest BCUT2D eigenvalue weighted by molar-refractivity contribution is 5.74. The summed E-state index contributed by atoms with van der Waals surface area (Å²) in [5.41, 5.74) is -0.551. The molecule has 0 aliphatic carbocycles. The molecule has 0 spiro atoms. The third-order valence-electron chi connectivity index (χ3n) is 3.30. The normalized spacial score (nSPS) is 13.6. The van der Waals surface area contributed by atoms with Gasteiger partial charge in [0.05, 0.1) is 7.11 Å². The molecule has 5 nitrogen and oxygen atoms in total. The van der Waals surface area contributed by atoms with Crippen LogP contribution in [-0.4, -0.2) is 23.9 Å². The molecule has 2 atom stereocenters. The van der Waals surface area contributed by atoms with Crippen molar-refractivity contribution >= 4 is 12.3 Å². The topological polar surface area (TPSA) is 65.4 Å². The van der Waals surface area contributed by atoms with Crippen molar-refractivity contribution in [3.8, 4) is 0 Å². The Morgan fingerprint density at radius 2 is 2.20 bits per heavy atom. The third kappa shape index (κ3) is 3.31. The van der Waals surface area contributed by atoms with Crippen LogP contribution in [0.2, 0.25) is 0 Å². The van der Waals surface area contributed by atoms with Gasteiger partial charge >= 0.3 is 5.97 Å². The first-order valence-electron chi connectivity index (χ1n) is 6.38. The van der Waals surface area contributed by atoms with Gasteiger partial charge < -0.3 is 9.53 Å². The summed E-state index contributed by atoms with van der Waals surface area (Å²) in [6.45, 7) is 3.63. The number of hydrogen-bond donors (Lipinski definition) is 0. The van der Waals surface area contributed by atoms with Crippen molar-refractivity contribution in [3.05, 3.63) is 34.0 Å². The van der Waals surface area contributed by atoms with Gasteiger partial charge in [0.15, 0.2) is 5.82 Å². The van der Waals surface area contributed by atoms with Crippen LogP contribution in [0.5, 0.6) is 0 Å². The molecule has 0 saturated heterocycles. The summed E-state index contributed by atoms with van der Waals surface area (Å²) in [4.78, 5) is 34.3. The molecule has 0 amide bonds. The lowest BCUT2D eigenvalue weighted by Gasteiger charge is -2.23. The van der Waals surface area contributed by atoms with Crippen LogP contribution in [0.25, 0.3) is 0 Å². The van der Waals surface area contributed by atoms with E-state index in [2.05, 4.69) is 0 Å². The predicted molar refractivity (Wildman–Crippen MR) is 70.9 cm³/mol. The Kier molecular flexibility index (Phi) is 5.61. The average molecular weight is 283 g/mol. The van der Waals surface area contributed by atoms with Gasteiger partial charge in [-0.25, -0.2) is 9.18 Å². The molecular weight excluding hydrogens is 265 g/mol. The molecule has 110 valence electrons. The van der Waals surface area contributed by atoms with E-state index in [1.807, 2.05) is 6.92 Å². The second kappa shape index (κ2) is 6.98. The monoisotopic (exact) mass is 283 g/mol. The second-order valence-electron chi connectivity index (χ2n) is 4.63. The molecule has 0 aliphatic rings. The van der Waals surface area contributed by atoms with Crippen LogP contribution in [-0.2, 0) is 20.7 Å². The van der Waals surface area contributed by atoms with Crippen molar-refractivity contribution in [3.63, 3.8) is 0 Å². The minimum absolute atomic E-state index is 0.0222. The number of ether oxygens (including phenoxy) is 1. The summed E-state index contributed by atoms with van der Waals surface area (Å²) in [5.74, 6) is -1.79. The fraction of sp³-hybridized carbons (Fsp3) is 0.500. The number of nitrogens with zero attached hydrogens (tertiary/aromatic N) is 1. The summed E-state index contributed by atoms with van der Waals surface area (Å²) < 4.78 is 19.4. The molecule has 0 bridgehead atoms. The van der Waals surface area contributed by atoms with E-state index in [4.69, 9.17) is 4.74 Å². The van der Waals surface area contributed by atoms with Gasteiger partial charge in [-0.05, 0) is 17.5 Å². The number of carbonyl (C=O) groups excluding carboxylic acids is 2. The van der Waals surface area contributed by atoms with E-state index < -0.39 is 23.4 Å². The van der Waals surface area contributed by atoms with Crippen molar-refractivity contribution < 1.29 is 18.7 Å². The van der Waals surface area contributed by atoms with E-state index in [-0.39, 0.29) is 12.3 Å². The highest BCUT2D eigenvalue weighted by Crippen LogP contribution is 2.21. The first-order valence-corrected chi connectivity index (χ1v) is 6.38. The number of pyridine rings is 1. The quantitative estimate of drug-likeness (QED) is 0.586. The number of aromatic nitrogens is 1. The van der Waals surface area contributed by atoms with E-state index in [9.17, 15) is 18.8 Å². The molecule has 1 aromatic heterocycles. The fourth-order valence-electron chi connectivity index (χ4n) is 2.00. The zero-order chi connectivity index (χ0) is 15.3. The van der Waals surface area contributed by atoms with Crippen LogP contribution in [0.15, 0.2) is 17.1 Å². The maximum Gasteiger partial charge on any atom is 0.329 e. The van der Waals surface area contributed by atoms with E-state index in [0.717, 1.165) is 10.6 Å². The van der Waals surface area contributed by atoms with Gasteiger partial charge in [-0.15, -0.1) is 0 Å². The lowest BCUT2D eigenvalue weighted by atomic mass is 9.98. The minimum atomic E-state index is -0.985. The van der Waals surface area contributed by atoms with Gasteiger partial charge in [0, 0.05) is 12.6 Å². The van der Waals surface area contributed by atoms with Gasteiger partial charge in [0.1, 0.15) is 12.3 Å². The zero-order valence-corrected chi connectivity index (χ0v) is 11.8. The van der Waals surface area contributed by atoms with Crippen molar-refractivity contribution in [1.29, 1.82) is 0 Å². The zero-order valence-electron chi connectivity index (χ0n) is 11.8. The smallest absolute Gasteiger partial charge is 0.329 e. The Bertz CT molecular complexity index is 553. The number of carbonyl (C=O) groups is 2. The van der Waals surface area contributed by atoms with Gasteiger partial charge in [-0.3, -0.25) is 9.36 Å². The minimum Gasteiger partial charge on any atom is -0.467 e. The molecule has 0 fully saturated rings. The summed E-state index contributed by atoms with van der Waals surface area (Å²) in [5, 5.41) is 0. The lowest BCUT2D eigenvalue weighted by molar-refractivity contribution is -0.146. The maximum absolute atomic E-state index is 13.7. The molecule has 2 unspecified atom stereocenters. The van der Waals surface area contributed by atoms with Crippen molar-refractivity contribution in [1.82, 2.24) is 4.57 Å². The molecule has 0 aromatic carbocycles. The van der Waals surface area contributed by atoms with Gasteiger partial charge in [-0.2, -0.15) is 0 Å². The molecule has 0 radical (unpaired) electrons. The Balaban J connectivity index is 3.42. The van der Waals surface area contributed by atoms with Crippen LogP contribution >= 0.6 is 0 Å². The summed E-state index contributed by atoms with van der Waals surface area (Å²) >= 11 is 0. The number of esters is 1. The first-order chi connectivity index (χ1) is 9.46. The van der Waals surface area contributed by atoms with E-state index in [1.165, 1.54) is 13.3 Å². The van der Waals surface area contributed by atoms with Crippen LogP contribution in [0.1, 0.15) is 31.9 Å². The number of methoxy groups -OCH3 is 1. The molecule has 0 N–H and O–H groups in total. The molecule has 1 aromatic rings.